The first kappa shape index (κ1) is 26.1. The maximum Gasteiger partial charge on any atom is 0.242 e. The quantitative estimate of drug-likeness (QED) is 0.430. The molecule has 8 nitrogen and oxygen atoms in total. The number of nitrogens with zero attached hydrogens (tertiary/aromatic N) is 3. The number of para-hydroxylation sites is 1. The predicted octanol–water partition coefficient (Wildman–Crippen LogP) is 4.18. The van der Waals surface area contributed by atoms with Crippen LogP contribution in [-0.2, 0) is 19.6 Å². The molecule has 4 rings (SSSR count). The van der Waals surface area contributed by atoms with E-state index in [1.807, 2.05) is 54.6 Å². The van der Waals surface area contributed by atoms with Crippen LogP contribution in [0.1, 0.15) is 30.4 Å². The predicted molar refractivity (Wildman–Crippen MR) is 147 cm³/mol. The topological polar surface area (TPSA) is 99.2 Å². The highest BCUT2D eigenvalue weighted by Gasteiger charge is 2.35. The van der Waals surface area contributed by atoms with Crippen molar-refractivity contribution in [1.29, 1.82) is 0 Å². The number of aliphatic imine (C=N–C) groups is 1. The van der Waals surface area contributed by atoms with Crippen LogP contribution in [0.15, 0.2) is 83.9 Å². The molecule has 0 fully saturated rings. The van der Waals surface area contributed by atoms with E-state index in [1.54, 1.807) is 45.3 Å². The molecular weight excluding hydrogens is 488 g/mol. The Morgan fingerprint density at radius 3 is 2.24 bits per heavy atom. The Kier molecular flexibility index (Phi) is 7.73. The maximum absolute atomic E-state index is 13.0. The highest BCUT2D eigenvalue weighted by atomic mass is 32.2. The fourth-order valence-electron chi connectivity index (χ4n) is 4.20. The summed E-state index contributed by atoms with van der Waals surface area (Å²) in [6.45, 7) is 1.50. The van der Waals surface area contributed by atoms with Crippen molar-refractivity contribution in [1.82, 2.24) is 4.90 Å². The van der Waals surface area contributed by atoms with Gasteiger partial charge in [-0.05, 0) is 47.9 Å². The molecule has 0 saturated heterocycles. The van der Waals surface area contributed by atoms with Crippen LogP contribution in [0.5, 0.6) is 0 Å². The van der Waals surface area contributed by atoms with Crippen LogP contribution in [0.25, 0.3) is 0 Å². The zero-order valence-corrected chi connectivity index (χ0v) is 21.9. The van der Waals surface area contributed by atoms with Gasteiger partial charge in [-0.2, -0.15) is 0 Å². The number of fused-ring (bicyclic) bond motifs is 1. The number of rotatable bonds is 9. The summed E-state index contributed by atoms with van der Waals surface area (Å²) in [6, 6.07) is 23.7. The summed E-state index contributed by atoms with van der Waals surface area (Å²) in [5.41, 5.74) is 3.96. The second-order valence-electron chi connectivity index (χ2n) is 9.00. The number of carbonyl (C=O) groups excluding carboxylic acids is 2. The van der Waals surface area contributed by atoms with E-state index in [-0.39, 0.29) is 24.1 Å². The van der Waals surface area contributed by atoms with Crippen LogP contribution >= 0.6 is 0 Å². The van der Waals surface area contributed by atoms with Gasteiger partial charge >= 0.3 is 0 Å². The van der Waals surface area contributed by atoms with Crippen LogP contribution < -0.4 is 9.62 Å². The lowest BCUT2D eigenvalue weighted by Crippen LogP contribution is -2.41. The van der Waals surface area contributed by atoms with Gasteiger partial charge in [-0.15, -0.1) is 0 Å². The Balaban J connectivity index is 1.74. The Morgan fingerprint density at radius 2 is 1.59 bits per heavy atom. The van der Waals surface area contributed by atoms with Crippen molar-refractivity contribution in [3.05, 3.63) is 90.0 Å². The van der Waals surface area contributed by atoms with Gasteiger partial charge in [0.2, 0.25) is 21.8 Å². The Labute approximate surface area is 217 Å². The van der Waals surface area contributed by atoms with Crippen LogP contribution in [-0.4, -0.2) is 57.2 Å². The molecule has 1 heterocycles. The van der Waals surface area contributed by atoms with Gasteiger partial charge in [-0.1, -0.05) is 55.5 Å². The van der Waals surface area contributed by atoms with Crippen molar-refractivity contribution in [2.24, 2.45) is 4.99 Å². The van der Waals surface area contributed by atoms with Gasteiger partial charge in [0.05, 0.1) is 22.8 Å². The third kappa shape index (κ3) is 5.72. The molecule has 192 valence electrons. The minimum absolute atomic E-state index is 0.0675. The monoisotopic (exact) mass is 518 g/mol. The number of carbonyl (C=O) groups is 2. The average molecular weight is 519 g/mol. The largest absolute Gasteiger partial charge is 0.347 e. The van der Waals surface area contributed by atoms with Crippen LogP contribution in [0.4, 0.5) is 17.1 Å². The van der Waals surface area contributed by atoms with E-state index in [1.165, 1.54) is 4.90 Å². The lowest BCUT2D eigenvalue weighted by Gasteiger charge is -2.25. The summed E-state index contributed by atoms with van der Waals surface area (Å²) < 4.78 is 27.0. The molecule has 0 radical (unpaired) electrons. The molecule has 0 aliphatic carbocycles. The summed E-state index contributed by atoms with van der Waals surface area (Å²) in [4.78, 5) is 31.6. The molecular formula is C28H30N4O4S. The number of benzene rings is 3. The number of hydrogen-bond acceptors (Lipinski definition) is 5. The fraction of sp³-hybridized carbons (Fsp3) is 0.250. The van der Waals surface area contributed by atoms with Gasteiger partial charge in [0.15, 0.2) is 0 Å². The van der Waals surface area contributed by atoms with Gasteiger partial charge in [0.25, 0.3) is 0 Å². The van der Waals surface area contributed by atoms with Gasteiger partial charge in [0, 0.05) is 19.8 Å². The smallest absolute Gasteiger partial charge is 0.242 e. The molecule has 1 N–H and O–H groups in total. The molecule has 1 aliphatic heterocycles. The van der Waals surface area contributed by atoms with Gasteiger partial charge in [0.1, 0.15) is 12.5 Å². The van der Waals surface area contributed by atoms with Crippen molar-refractivity contribution < 1.29 is 18.0 Å². The van der Waals surface area contributed by atoms with Crippen molar-refractivity contribution in [3.8, 4) is 0 Å². The molecule has 1 aliphatic rings. The van der Waals surface area contributed by atoms with Crippen LogP contribution in [0.2, 0.25) is 0 Å². The molecule has 3 aromatic carbocycles. The lowest BCUT2D eigenvalue weighted by atomic mass is 9.90. The molecule has 0 spiro atoms. The van der Waals surface area contributed by atoms with Crippen LogP contribution in [0.3, 0.4) is 0 Å². The first-order valence-electron chi connectivity index (χ1n) is 12.1. The van der Waals surface area contributed by atoms with E-state index in [0.29, 0.717) is 23.5 Å². The Morgan fingerprint density at radius 1 is 0.946 bits per heavy atom. The van der Waals surface area contributed by atoms with E-state index in [0.717, 1.165) is 21.1 Å². The van der Waals surface area contributed by atoms with Crippen LogP contribution in [0, 0.1) is 0 Å². The molecule has 37 heavy (non-hydrogen) atoms. The summed E-state index contributed by atoms with van der Waals surface area (Å²) in [6.07, 6.45) is 0.433. The number of likely N-dealkylation sites (N-methyl/N-ethyl adjacent to an activating group) is 1. The third-order valence-corrected chi connectivity index (χ3v) is 8.03. The number of amides is 2. The summed E-state index contributed by atoms with van der Waals surface area (Å²) >= 11 is 0. The maximum atomic E-state index is 13.0. The summed E-state index contributed by atoms with van der Waals surface area (Å²) in [5.74, 6) is -1.13. The Bertz CT molecular complexity index is 1420. The molecule has 0 aromatic heterocycles. The number of sulfonamides is 1. The highest BCUT2D eigenvalue weighted by molar-refractivity contribution is 7.92. The summed E-state index contributed by atoms with van der Waals surface area (Å²) in [5, 5.41) is 2.93. The minimum Gasteiger partial charge on any atom is -0.347 e. The van der Waals surface area contributed by atoms with E-state index >= 15 is 0 Å². The van der Waals surface area contributed by atoms with Crippen molar-refractivity contribution >= 4 is 44.6 Å². The minimum atomic E-state index is -3.69. The third-order valence-electron chi connectivity index (χ3n) is 6.10. The van der Waals surface area contributed by atoms with E-state index in [2.05, 4.69) is 5.32 Å². The first-order chi connectivity index (χ1) is 17.7. The number of anilines is 2. The highest BCUT2D eigenvalue weighted by Crippen LogP contribution is 2.36. The lowest BCUT2D eigenvalue weighted by molar-refractivity contribution is -0.127. The van der Waals surface area contributed by atoms with Gasteiger partial charge < -0.3 is 10.2 Å². The van der Waals surface area contributed by atoms with Crippen molar-refractivity contribution in [2.75, 3.05) is 36.0 Å². The summed E-state index contributed by atoms with van der Waals surface area (Å²) in [7, 11) is -0.509. The van der Waals surface area contributed by atoms with E-state index in [4.69, 9.17) is 4.99 Å². The standard InChI is InChI=1S/C28H30N4O4S/c1-4-18-37(35,36)32(19-25(33)31(2)3)22-16-14-21(15-17-22)29-27(20-10-6-5-7-11-20)26-23-12-8-9-13-24(23)30-28(26)34/h5-17,26H,4,18-19H2,1-3H3,(H,30,34). The molecule has 9 heteroatoms. The molecule has 0 saturated carbocycles. The molecule has 3 aromatic rings. The van der Waals surface area contributed by atoms with E-state index in [9.17, 15) is 18.0 Å². The zero-order chi connectivity index (χ0) is 26.6. The molecule has 2 amide bonds. The van der Waals surface area contributed by atoms with Crippen molar-refractivity contribution in [2.45, 2.75) is 19.3 Å². The second-order valence-corrected chi connectivity index (χ2v) is 11.0. The first-order valence-corrected chi connectivity index (χ1v) is 13.7. The number of nitrogens with one attached hydrogen (secondary N) is 1. The molecule has 1 atom stereocenters. The molecule has 1 unspecified atom stereocenters. The van der Waals surface area contributed by atoms with E-state index < -0.39 is 15.9 Å². The fourth-order valence-corrected chi connectivity index (χ4v) is 5.69. The zero-order valence-electron chi connectivity index (χ0n) is 21.1. The van der Waals surface area contributed by atoms with Gasteiger partial charge in [-0.25, -0.2) is 8.42 Å². The van der Waals surface area contributed by atoms with Gasteiger partial charge in [-0.3, -0.25) is 18.9 Å². The van der Waals surface area contributed by atoms with Crippen molar-refractivity contribution in [3.63, 3.8) is 0 Å². The molecule has 0 bridgehead atoms. The Hall–Kier alpha value is -3.98. The SMILES string of the molecule is CCCS(=O)(=O)N(CC(=O)N(C)C)c1ccc(N=C(c2ccccc2)C2C(=O)Nc3ccccc32)cc1. The second kappa shape index (κ2) is 11.0. The number of hydrogen-bond donors (Lipinski definition) is 1. The average Bonchev–Trinajstić information content (AvgIpc) is 3.22. The normalized spacial score (nSPS) is 15.2.